The van der Waals surface area contributed by atoms with Crippen LogP contribution >= 0.6 is 0 Å². The molecule has 0 heterocycles. The Balaban J connectivity index is 2.91. The molecule has 0 aromatic heterocycles. The van der Waals surface area contributed by atoms with Crippen molar-refractivity contribution < 1.29 is 22.3 Å². The maximum atomic E-state index is 14.0. The average molecular weight is 308 g/mol. The largest absolute Gasteiger partial charge is 0.405 e. The molecule has 0 aliphatic rings. The van der Waals surface area contributed by atoms with Gasteiger partial charge >= 0.3 is 6.18 Å². The summed E-state index contributed by atoms with van der Waals surface area (Å²) in [5.41, 5.74) is 0.499. The third kappa shape index (κ3) is 5.89. The molecule has 0 spiro atoms. The maximum absolute atomic E-state index is 14.0. The van der Waals surface area contributed by atoms with Crippen LogP contribution in [0.25, 0.3) is 0 Å². The lowest BCUT2D eigenvalue weighted by molar-refractivity contribution is -0.119. The van der Waals surface area contributed by atoms with Gasteiger partial charge in [-0.25, -0.2) is 4.39 Å². The predicted molar refractivity (Wildman–Crippen MR) is 73.9 cm³/mol. The van der Waals surface area contributed by atoms with Crippen molar-refractivity contribution in [2.24, 2.45) is 0 Å². The minimum atomic E-state index is -4.38. The molecule has 0 atom stereocenters. The number of rotatable bonds is 8. The molecule has 0 aliphatic carbocycles. The van der Waals surface area contributed by atoms with Gasteiger partial charge in [0.2, 0.25) is 0 Å². The number of alkyl halides is 3. The number of ether oxygens (including phenoxy) is 1. The minimum absolute atomic E-state index is 0.00208. The fourth-order valence-corrected chi connectivity index (χ4v) is 2.02. The minimum Gasteiger partial charge on any atom is -0.383 e. The van der Waals surface area contributed by atoms with Crippen molar-refractivity contribution in [1.29, 1.82) is 0 Å². The zero-order valence-electron chi connectivity index (χ0n) is 12.1. The normalized spacial score (nSPS) is 11.7. The fraction of sp³-hybridized carbons (Fsp3) is 0.571. The number of methoxy groups -OCH3 is 1. The molecule has 1 N–H and O–H groups in total. The van der Waals surface area contributed by atoms with Crippen LogP contribution in [-0.4, -0.2) is 39.5 Å². The second kappa shape index (κ2) is 8.19. The number of nitrogens with zero attached hydrogens (tertiary/aromatic N) is 1. The topological polar surface area (TPSA) is 24.5 Å². The molecular formula is C14H20F4N2O. The Morgan fingerprint density at radius 2 is 2.00 bits per heavy atom. The highest BCUT2D eigenvalue weighted by Gasteiger charge is 2.31. The number of anilines is 1. The molecule has 3 nitrogen and oxygen atoms in total. The third-order valence-corrected chi connectivity index (χ3v) is 2.94. The van der Waals surface area contributed by atoms with E-state index in [0.29, 0.717) is 18.7 Å². The van der Waals surface area contributed by atoms with Crippen LogP contribution in [0.5, 0.6) is 0 Å². The fourth-order valence-electron chi connectivity index (χ4n) is 2.02. The summed E-state index contributed by atoms with van der Waals surface area (Å²) in [5.74, 6) is -0.646. The van der Waals surface area contributed by atoms with E-state index in [-0.39, 0.29) is 18.8 Å². The van der Waals surface area contributed by atoms with E-state index in [0.717, 1.165) is 4.90 Å². The summed E-state index contributed by atoms with van der Waals surface area (Å²) >= 11 is 0. The van der Waals surface area contributed by atoms with Gasteiger partial charge < -0.3 is 15.0 Å². The molecule has 0 fully saturated rings. The van der Waals surface area contributed by atoms with Crippen molar-refractivity contribution in [3.63, 3.8) is 0 Å². The number of nitrogens with one attached hydrogen (secondary N) is 1. The zero-order chi connectivity index (χ0) is 15.9. The smallest absolute Gasteiger partial charge is 0.383 e. The lowest BCUT2D eigenvalue weighted by Gasteiger charge is -2.27. The zero-order valence-corrected chi connectivity index (χ0v) is 12.1. The molecule has 0 unspecified atom stereocenters. The SMILES string of the molecule is CCN(CC(F)(F)F)c1c(F)cccc1CNCCOC. The van der Waals surface area contributed by atoms with Gasteiger partial charge in [0.1, 0.15) is 12.4 Å². The number of halogens is 4. The molecule has 1 aromatic rings. The first-order chi connectivity index (χ1) is 9.89. The Morgan fingerprint density at radius 3 is 2.57 bits per heavy atom. The second-order valence-corrected chi connectivity index (χ2v) is 4.55. The Kier molecular flexibility index (Phi) is 6.91. The van der Waals surface area contributed by atoms with Gasteiger partial charge in [-0.2, -0.15) is 13.2 Å². The van der Waals surface area contributed by atoms with Gasteiger partial charge in [-0.3, -0.25) is 0 Å². The van der Waals surface area contributed by atoms with Crippen molar-refractivity contribution in [2.75, 3.05) is 38.3 Å². The molecular weight excluding hydrogens is 288 g/mol. The Labute approximate surface area is 121 Å². The van der Waals surface area contributed by atoms with Crippen molar-refractivity contribution in [1.82, 2.24) is 5.32 Å². The van der Waals surface area contributed by atoms with Gasteiger partial charge in [-0.05, 0) is 18.6 Å². The van der Waals surface area contributed by atoms with E-state index < -0.39 is 18.5 Å². The number of hydrogen-bond donors (Lipinski definition) is 1. The molecule has 1 rings (SSSR count). The van der Waals surface area contributed by atoms with Crippen LogP contribution in [0.4, 0.5) is 23.2 Å². The molecule has 0 saturated heterocycles. The molecule has 0 saturated carbocycles. The van der Waals surface area contributed by atoms with E-state index in [4.69, 9.17) is 4.74 Å². The summed E-state index contributed by atoms with van der Waals surface area (Å²) in [5, 5.41) is 3.01. The summed E-state index contributed by atoms with van der Waals surface area (Å²) in [7, 11) is 1.55. The molecule has 0 aliphatic heterocycles. The first kappa shape index (κ1) is 17.7. The van der Waals surface area contributed by atoms with E-state index in [1.165, 1.54) is 12.1 Å². The lowest BCUT2D eigenvalue weighted by atomic mass is 10.1. The van der Waals surface area contributed by atoms with Gasteiger partial charge in [0, 0.05) is 26.7 Å². The highest BCUT2D eigenvalue weighted by atomic mass is 19.4. The van der Waals surface area contributed by atoms with Crippen LogP contribution < -0.4 is 10.2 Å². The highest BCUT2D eigenvalue weighted by Crippen LogP contribution is 2.28. The summed E-state index contributed by atoms with van der Waals surface area (Å²) in [6.07, 6.45) is -4.38. The van der Waals surface area contributed by atoms with E-state index in [1.807, 2.05) is 0 Å². The van der Waals surface area contributed by atoms with Crippen LogP contribution in [0, 0.1) is 5.82 Å². The van der Waals surface area contributed by atoms with E-state index in [2.05, 4.69) is 5.32 Å². The van der Waals surface area contributed by atoms with Crippen LogP contribution in [0.15, 0.2) is 18.2 Å². The first-order valence-corrected chi connectivity index (χ1v) is 6.67. The Bertz CT molecular complexity index is 437. The summed E-state index contributed by atoms with van der Waals surface area (Å²) in [4.78, 5) is 1.00. The highest BCUT2D eigenvalue weighted by molar-refractivity contribution is 5.55. The first-order valence-electron chi connectivity index (χ1n) is 6.67. The standard InChI is InChI=1S/C14H20F4N2O/c1-3-20(10-14(16,17)18)13-11(5-4-6-12(13)15)9-19-7-8-21-2/h4-6,19H,3,7-10H2,1-2H3. The van der Waals surface area contributed by atoms with E-state index in [1.54, 1.807) is 20.1 Å². The van der Waals surface area contributed by atoms with Gasteiger partial charge in [-0.1, -0.05) is 12.1 Å². The van der Waals surface area contributed by atoms with Crippen molar-refractivity contribution in [2.45, 2.75) is 19.6 Å². The molecule has 120 valence electrons. The molecule has 7 heteroatoms. The van der Waals surface area contributed by atoms with Crippen LogP contribution in [0.1, 0.15) is 12.5 Å². The summed E-state index contributed by atoms with van der Waals surface area (Å²) in [6.45, 7) is 1.77. The maximum Gasteiger partial charge on any atom is 0.405 e. The Hall–Kier alpha value is -1.34. The van der Waals surface area contributed by atoms with Crippen LogP contribution in [0.3, 0.4) is 0 Å². The van der Waals surface area contributed by atoms with E-state index in [9.17, 15) is 17.6 Å². The molecule has 1 aromatic carbocycles. The summed E-state index contributed by atoms with van der Waals surface area (Å²) in [6, 6.07) is 4.29. The van der Waals surface area contributed by atoms with Crippen molar-refractivity contribution >= 4 is 5.69 Å². The Morgan fingerprint density at radius 1 is 1.29 bits per heavy atom. The van der Waals surface area contributed by atoms with Gasteiger partial charge in [0.15, 0.2) is 0 Å². The van der Waals surface area contributed by atoms with Gasteiger partial charge in [-0.15, -0.1) is 0 Å². The van der Waals surface area contributed by atoms with Gasteiger partial charge in [0.25, 0.3) is 0 Å². The van der Waals surface area contributed by atoms with Crippen LogP contribution in [-0.2, 0) is 11.3 Å². The third-order valence-electron chi connectivity index (χ3n) is 2.94. The van der Waals surface area contributed by atoms with Gasteiger partial charge in [0.05, 0.1) is 12.3 Å². The predicted octanol–water partition coefficient (Wildman–Crippen LogP) is 2.95. The monoisotopic (exact) mass is 308 g/mol. The summed E-state index contributed by atoms with van der Waals surface area (Å²) < 4.78 is 56.6. The van der Waals surface area contributed by atoms with Crippen molar-refractivity contribution in [3.8, 4) is 0 Å². The number of hydrogen-bond acceptors (Lipinski definition) is 3. The second-order valence-electron chi connectivity index (χ2n) is 4.55. The van der Waals surface area contributed by atoms with Crippen LogP contribution in [0.2, 0.25) is 0 Å². The molecule has 0 radical (unpaired) electrons. The average Bonchev–Trinajstić information content (AvgIpc) is 2.40. The molecule has 21 heavy (non-hydrogen) atoms. The molecule has 0 amide bonds. The number of para-hydroxylation sites is 1. The number of benzene rings is 1. The molecule has 0 bridgehead atoms. The lowest BCUT2D eigenvalue weighted by Crippen LogP contribution is -2.35. The quantitative estimate of drug-likeness (QED) is 0.590. The van der Waals surface area contributed by atoms with E-state index >= 15 is 0 Å². The van der Waals surface area contributed by atoms with Crippen molar-refractivity contribution in [3.05, 3.63) is 29.6 Å².